The summed E-state index contributed by atoms with van der Waals surface area (Å²) in [6.45, 7) is 0. The van der Waals surface area contributed by atoms with Crippen molar-refractivity contribution in [3.05, 3.63) is 291 Å². The fourth-order valence-corrected chi connectivity index (χ4v) is 16.0. The molecule has 12 aromatic carbocycles. The average molecular weight is 859 g/mol. The summed E-state index contributed by atoms with van der Waals surface area (Å²) in [5.74, 6) is 0. The molecule has 0 radical (unpaired) electrons. The van der Waals surface area contributed by atoms with Gasteiger partial charge in [-0.15, -0.1) is 0 Å². The third-order valence-corrected chi connectivity index (χ3v) is 18.2. The fraction of sp³-hybridized carbons (Fsp3) is 0. The Kier molecular flexibility index (Phi) is 11.1. The molecule has 12 rings (SSSR count). The predicted octanol–water partition coefficient (Wildman–Crippen LogP) is 12.0. The lowest BCUT2D eigenvalue weighted by Crippen LogP contribution is -2.74. The van der Waals surface area contributed by atoms with Crippen molar-refractivity contribution in [2.24, 2.45) is 0 Å². The highest BCUT2D eigenvalue weighted by molar-refractivity contribution is 8.02. The molecule has 0 nitrogen and oxygen atoms in total. The molecular weight excluding hydrogens is 810 g/mol. The van der Waals surface area contributed by atoms with Gasteiger partial charge in [0.2, 0.25) is 0 Å². The highest BCUT2D eigenvalue weighted by Gasteiger charge is 2.51. The molecule has 0 aliphatic heterocycles. The van der Waals surface area contributed by atoms with Crippen molar-refractivity contribution in [1.82, 2.24) is 0 Å². The van der Waals surface area contributed by atoms with Gasteiger partial charge in [0.05, 0.1) is 0 Å². The second-order valence-electron chi connectivity index (χ2n) is 17.2. The van der Waals surface area contributed by atoms with E-state index in [0.29, 0.717) is 0 Å². The molecular formula is C64H48BP. The molecule has 0 unspecified atom stereocenters. The molecule has 0 aromatic heterocycles. The lowest BCUT2D eigenvalue weighted by Gasteiger charge is -2.44. The van der Waals surface area contributed by atoms with Gasteiger partial charge in [0.25, 0.3) is 0 Å². The minimum atomic E-state index is -2.49. The second kappa shape index (κ2) is 18.0. The maximum absolute atomic E-state index is 2.49. The molecule has 0 atom stereocenters. The maximum atomic E-state index is 2.40. The molecule has 0 saturated carbocycles. The zero-order valence-electron chi connectivity index (χ0n) is 36.7. The third-order valence-electron chi connectivity index (χ3n) is 13.7. The minimum Gasteiger partial charge on any atom is -0.195 e. The van der Waals surface area contributed by atoms with Crippen LogP contribution in [0.3, 0.4) is 0 Å². The van der Waals surface area contributed by atoms with Gasteiger partial charge >= 0.3 is 0 Å². The molecule has 0 fully saturated rings. The Labute approximate surface area is 388 Å². The van der Waals surface area contributed by atoms with Crippen LogP contribution >= 0.6 is 7.26 Å². The zero-order valence-corrected chi connectivity index (χ0v) is 37.6. The Morgan fingerprint density at radius 1 is 0.182 bits per heavy atom. The van der Waals surface area contributed by atoms with E-state index in [1.165, 1.54) is 86.2 Å². The second-order valence-corrected chi connectivity index (χ2v) is 20.4. The topological polar surface area (TPSA) is 0 Å². The van der Waals surface area contributed by atoms with Crippen LogP contribution in [-0.4, -0.2) is 6.15 Å². The van der Waals surface area contributed by atoms with Gasteiger partial charge in [-0.05, 0) is 45.8 Å². The maximum Gasteiger partial charge on any atom is 0.146 e. The van der Waals surface area contributed by atoms with Crippen LogP contribution in [0.15, 0.2) is 291 Å². The minimum absolute atomic E-state index is 1.22. The molecule has 0 saturated heterocycles. The Morgan fingerprint density at radius 3 is 0.621 bits per heavy atom. The Bertz CT molecular complexity index is 3080. The first-order valence-electron chi connectivity index (χ1n) is 23.0. The highest BCUT2D eigenvalue weighted by Crippen LogP contribution is 2.59. The first-order valence-corrected chi connectivity index (χ1v) is 24.8. The average Bonchev–Trinajstić information content (AvgIpc) is 3.41. The van der Waals surface area contributed by atoms with Gasteiger partial charge in [-0.3, -0.25) is 0 Å². The third kappa shape index (κ3) is 7.01. The summed E-state index contributed by atoms with van der Waals surface area (Å²) in [5, 5.41) is 16.0. The van der Waals surface area contributed by atoms with Crippen LogP contribution in [-0.2, 0) is 0 Å². The molecule has 0 aliphatic rings. The van der Waals surface area contributed by atoms with Gasteiger partial charge in [-0.2, -0.15) is 21.9 Å². The summed E-state index contributed by atoms with van der Waals surface area (Å²) in [5.41, 5.74) is 5.36. The van der Waals surface area contributed by atoms with E-state index >= 15 is 0 Å². The molecule has 0 spiro atoms. The smallest absolute Gasteiger partial charge is 0.146 e. The van der Waals surface area contributed by atoms with Crippen LogP contribution in [0.1, 0.15) is 0 Å². The number of hydrogen-bond acceptors (Lipinski definition) is 0. The van der Waals surface area contributed by atoms with E-state index in [4.69, 9.17) is 0 Å². The lowest BCUT2D eigenvalue weighted by atomic mass is 9.13. The number of benzene rings is 12. The normalized spacial score (nSPS) is 11.6. The summed E-state index contributed by atoms with van der Waals surface area (Å²) in [4.78, 5) is 0. The van der Waals surface area contributed by atoms with Crippen LogP contribution in [0.25, 0.3) is 43.1 Å². The summed E-state index contributed by atoms with van der Waals surface area (Å²) < 4.78 is 0. The van der Waals surface area contributed by atoms with Gasteiger partial charge in [-0.25, -0.2) is 0 Å². The van der Waals surface area contributed by atoms with E-state index in [1.54, 1.807) is 0 Å². The van der Waals surface area contributed by atoms with Gasteiger partial charge in [0.1, 0.15) is 34.6 Å². The van der Waals surface area contributed by atoms with E-state index in [1.807, 2.05) is 0 Å². The molecule has 0 amide bonds. The summed E-state index contributed by atoms with van der Waals surface area (Å²) >= 11 is 0. The first-order chi connectivity index (χ1) is 32.8. The molecule has 12 aromatic rings. The quantitative estimate of drug-likeness (QED) is 0.105. The van der Waals surface area contributed by atoms with Gasteiger partial charge in [0.15, 0.2) is 0 Å². The van der Waals surface area contributed by atoms with Crippen molar-refractivity contribution in [3.63, 3.8) is 0 Å². The van der Waals surface area contributed by atoms with Gasteiger partial charge in [0, 0.05) is 21.5 Å². The van der Waals surface area contributed by atoms with Crippen molar-refractivity contribution in [3.8, 4) is 0 Å². The van der Waals surface area contributed by atoms with Crippen molar-refractivity contribution in [2.75, 3.05) is 0 Å². The Balaban J connectivity index is 0.000000165. The van der Waals surface area contributed by atoms with Gasteiger partial charge in [-0.1, -0.05) is 267 Å². The van der Waals surface area contributed by atoms with E-state index in [0.717, 1.165) is 0 Å². The Hall–Kier alpha value is -7.83. The molecule has 2 heteroatoms. The molecule has 0 aliphatic carbocycles. The number of fused-ring (bicyclic) bond motifs is 4. The SMILES string of the molecule is c1ccc([B-](c2ccccc2)(c2ccccc2)c2ccccc2)cc1.c1ccc2c([P+](c3cccc4ccccc34)(c3cccc4ccccc34)c3cccc4ccccc34)cccc2c1. The van der Waals surface area contributed by atoms with Crippen molar-refractivity contribution < 1.29 is 0 Å². The van der Waals surface area contributed by atoms with Crippen LogP contribution in [0.4, 0.5) is 0 Å². The van der Waals surface area contributed by atoms with Crippen molar-refractivity contribution in [1.29, 1.82) is 0 Å². The largest absolute Gasteiger partial charge is 0.195 e. The molecule has 66 heavy (non-hydrogen) atoms. The van der Waals surface area contributed by atoms with Crippen LogP contribution in [0.2, 0.25) is 0 Å². The monoisotopic (exact) mass is 858 g/mol. The van der Waals surface area contributed by atoms with Gasteiger partial charge < -0.3 is 0 Å². The van der Waals surface area contributed by atoms with E-state index in [2.05, 4.69) is 291 Å². The Morgan fingerprint density at radius 2 is 0.379 bits per heavy atom. The number of hydrogen-bond donors (Lipinski definition) is 0. The van der Waals surface area contributed by atoms with Crippen molar-refractivity contribution in [2.45, 2.75) is 0 Å². The van der Waals surface area contributed by atoms with E-state index in [-0.39, 0.29) is 0 Å². The standard InChI is InChI=1S/C40H28P.C24H20B/c1-5-21-33-29(13-1)17-9-25-37(33)41(38-26-10-18-30-14-2-6-22-34(30)38,39-27-11-19-31-15-3-7-23-35(31)39)40-28-12-20-32-16-4-8-24-36(32)40;1-5-13-21(14-6-1)25(22-15-7-2-8-16-22,23-17-9-3-10-18-23)24-19-11-4-12-20-24/h1-28H;1-20H/q+1;-1. The molecule has 0 heterocycles. The summed E-state index contributed by atoms with van der Waals surface area (Å²) in [6, 6.07) is 107. The zero-order chi connectivity index (χ0) is 44.2. The predicted molar refractivity (Wildman–Crippen MR) is 291 cm³/mol. The summed E-state index contributed by atoms with van der Waals surface area (Å²) in [7, 11) is -2.49. The van der Waals surface area contributed by atoms with Crippen LogP contribution < -0.4 is 43.1 Å². The first kappa shape index (κ1) is 40.9. The van der Waals surface area contributed by atoms with E-state index < -0.39 is 13.4 Å². The van der Waals surface area contributed by atoms with Crippen molar-refractivity contribution >= 4 is 99.6 Å². The molecule has 312 valence electrons. The van der Waals surface area contributed by atoms with Crippen LogP contribution in [0, 0.1) is 0 Å². The molecule has 0 N–H and O–H groups in total. The molecule has 0 bridgehead atoms. The lowest BCUT2D eigenvalue weighted by molar-refractivity contribution is 1.66. The van der Waals surface area contributed by atoms with E-state index in [9.17, 15) is 0 Å². The van der Waals surface area contributed by atoms with Crippen LogP contribution in [0.5, 0.6) is 0 Å². The fourth-order valence-electron chi connectivity index (χ4n) is 10.9. The summed E-state index contributed by atoms with van der Waals surface area (Å²) in [6.07, 6.45) is -1.22. The number of rotatable bonds is 8. The highest BCUT2D eigenvalue weighted by atomic mass is 31.2.